The molecule has 0 atom stereocenters. The molecule has 3 nitrogen and oxygen atoms in total. The Bertz CT molecular complexity index is 253. The Labute approximate surface area is 79.3 Å². The van der Waals surface area contributed by atoms with E-state index in [9.17, 15) is 0 Å². The summed E-state index contributed by atoms with van der Waals surface area (Å²) in [6, 6.07) is 3.74. The molecule has 0 aromatic carbocycles. The Morgan fingerprint density at radius 2 is 2.08 bits per heavy atom. The maximum atomic E-state index is 5.55. The highest BCUT2D eigenvalue weighted by atomic mass is 16.7. The summed E-state index contributed by atoms with van der Waals surface area (Å²) in [7, 11) is 1.91. The molecule has 0 unspecified atom stereocenters. The summed E-state index contributed by atoms with van der Waals surface area (Å²) in [4.78, 5) is 9.52. The molecule has 0 amide bonds. The molecule has 0 fully saturated rings. The van der Waals surface area contributed by atoms with Crippen LogP contribution in [0.15, 0.2) is 24.5 Å². The summed E-state index contributed by atoms with van der Waals surface area (Å²) in [6.45, 7) is 6.26. The fourth-order valence-corrected chi connectivity index (χ4v) is 0.696. The van der Waals surface area contributed by atoms with Crippen molar-refractivity contribution in [2.45, 2.75) is 26.3 Å². The van der Waals surface area contributed by atoms with Gasteiger partial charge in [0, 0.05) is 18.8 Å². The van der Waals surface area contributed by atoms with Crippen LogP contribution in [-0.2, 0) is 0 Å². The number of hydroxylamine groups is 2. The lowest BCUT2D eigenvalue weighted by atomic mass is 10.1. The van der Waals surface area contributed by atoms with Crippen molar-refractivity contribution in [1.82, 2.24) is 10.0 Å². The molecule has 72 valence electrons. The van der Waals surface area contributed by atoms with Crippen LogP contribution in [0.25, 0.3) is 0 Å². The van der Waals surface area contributed by atoms with Gasteiger partial charge in [0.05, 0.1) is 6.20 Å². The van der Waals surface area contributed by atoms with E-state index < -0.39 is 0 Å². The molecule has 1 aromatic rings. The smallest absolute Gasteiger partial charge is 0.165 e. The number of hydrogen-bond donors (Lipinski definition) is 0. The van der Waals surface area contributed by atoms with Gasteiger partial charge in [-0.3, -0.25) is 4.98 Å². The van der Waals surface area contributed by atoms with E-state index >= 15 is 0 Å². The molecule has 0 radical (unpaired) electrons. The Kier molecular flexibility index (Phi) is 2.88. The second kappa shape index (κ2) is 3.75. The highest BCUT2D eigenvalue weighted by molar-refractivity contribution is 5.14. The highest BCUT2D eigenvalue weighted by Crippen LogP contribution is 2.15. The van der Waals surface area contributed by atoms with Crippen molar-refractivity contribution in [3.8, 4) is 5.75 Å². The number of aromatic nitrogens is 1. The largest absolute Gasteiger partial charge is 0.404 e. The summed E-state index contributed by atoms with van der Waals surface area (Å²) in [5.41, 5.74) is -0.00413. The lowest BCUT2D eigenvalue weighted by Gasteiger charge is -2.30. The predicted molar refractivity (Wildman–Crippen MR) is 52.4 cm³/mol. The summed E-state index contributed by atoms with van der Waals surface area (Å²) in [6.07, 6.45) is 3.42. The first-order chi connectivity index (χ1) is 6.00. The van der Waals surface area contributed by atoms with Gasteiger partial charge in [-0.15, -0.1) is 5.06 Å². The van der Waals surface area contributed by atoms with Crippen molar-refractivity contribution in [3.05, 3.63) is 24.5 Å². The van der Waals surface area contributed by atoms with Crippen LogP contribution >= 0.6 is 0 Å². The fourth-order valence-electron chi connectivity index (χ4n) is 0.696. The molecular weight excluding hydrogens is 164 g/mol. The lowest BCUT2D eigenvalue weighted by molar-refractivity contribution is -0.102. The van der Waals surface area contributed by atoms with Crippen LogP contribution in [0.1, 0.15) is 20.8 Å². The van der Waals surface area contributed by atoms with Gasteiger partial charge in [0.1, 0.15) is 0 Å². The van der Waals surface area contributed by atoms with Crippen molar-refractivity contribution >= 4 is 0 Å². The van der Waals surface area contributed by atoms with Gasteiger partial charge >= 0.3 is 0 Å². The SMILES string of the molecule is CN(Oc1cccnc1)C(C)(C)C. The van der Waals surface area contributed by atoms with Gasteiger partial charge in [0.15, 0.2) is 5.75 Å². The van der Waals surface area contributed by atoms with Gasteiger partial charge in [-0.25, -0.2) is 0 Å². The van der Waals surface area contributed by atoms with Crippen LogP contribution in [-0.4, -0.2) is 22.6 Å². The van der Waals surface area contributed by atoms with Crippen molar-refractivity contribution < 1.29 is 4.84 Å². The van der Waals surface area contributed by atoms with E-state index in [2.05, 4.69) is 25.8 Å². The first kappa shape index (κ1) is 9.99. The van der Waals surface area contributed by atoms with E-state index in [-0.39, 0.29) is 5.54 Å². The van der Waals surface area contributed by atoms with Crippen molar-refractivity contribution in [2.75, 3.05) is 7.05 Å². The zero-order chi connectivity index (χ0) is 9.90. The highest BCUT2D eigenvalue weighted by Gasteiger charge is 2.18. The second-order valence-electron chi connectivity index (χ2n) is 3.95. The van der Waals surface area contributed by atoms with Gasteiger partial charge in [-0.05, 0) is 32.9 Å². The summed E-state index contributed by atoms with van der Waals surface area (Å²) in [5, 5.41) is 1.81. The molecule has 0 saturated carbocycles. The first-order valence-electron chi connectivity index (χ1n) is 4.32. The summed E-state index contributed by atoms with van der Waals surface area (Å²) < 4.78 is 0. The maximum Gasteiger partial charge on any atom is 0.165 e. The average Bonchev–Trinajstić information content (AvgIpc) is 2.04. The third-order valence-electron chi connectivity index (χ3n) is 1.82. The van der Waals surface area contributed by atoms with Gasteiger partial charge in [0.2, 0.25) is 0 Å². The minimum absolute atomic E-state index is 0.00413. The van der Waals surface area contributed by atoms with Crippen LogP contribution in [0, 0.1) is 0 Å². The molecule has 13 heavy (non-hydrogen) atoms. The Morgan fingerprint density at radius 1 is 1.38 bits per heavy atom. The normalized spacial score (nSPS) is 11.8. The quantitative estimate of drug-likeness (QED) is 0.652. The second-order valence-corrected chi connectivity index (χ2v) is 3.95. The predicted octanol–water partition coefficient (Wildman–Crippen LogP) is 2.11. The Morgan fingerprint density at radius 3 is 2.54 bits per heavy atom. The van der Waals surface area contributed by atoms with Crippen LogP contribution in [0.4, 0.5) is 0 Å². The van der Waals surface area contributed by atoms with E-state index in [4.69, 9.17) is 4.84 Å². The topological polar surface area (TPSA) is 25.4 Å². The molecule has 0 spiro atoms. The van der Waals surface area contributed by atoms with Crippen molar-refractivity contribution in [2.24, 2.45) is 0 Å². The number of nitrogens with zero attached hydrogens (tertiary/aromatic N) is 2. The lowest BCUT2D eigenvalue weighted by Crippen LogP contribution is -2.40. The molecule has 3 heteroatoms. The van der Waals surface area contributed by atoms with Crippen LogP contribution in [0.3, 0.4) is 0 Å². The minimum atomic E-state index is -0.00413. The van der Waals surface area contributed by atoms with Gasteiger partial charge in [-0.1, -0.05) is 0 Å². The number of pyridine rings is 1. The maximum absolute atomic E-state index is 5.55. The molecule has 0 bridgehead atoms. The minimum Gasteiger partial charge on any atom is -0.404 e. The molecule has 1 rings (SSSR count). The number of hydrogen-bond acceptors (Lipinski definition) is 3. The molecule has 0 aliphatic heterocycles. The molecule has 1 heterocycles. The van der Waals surface area contributed by atoms with E-state index in [1.54, 1.807) is 12.4 Å². The molecule has 0 N–H and O–H groups in total. The Balaban J connectivity index is 2.61. The molecule has 0 saturated heterocycles. The average molecular weight is 180 g/mol. The van der Waals surface area contributed by atoms with Gasteiger partial charge in [0.25, 0.3) is 0 Å². The van der Waals surface area contributed by atoms with Gasteiger partial charge < -0.3 is 4.84 Å². The standard InChI is InChI=1S/C10H16N2O/c1-10(2,3)12(4)13-9-6-5-7-11-8-9/h5-8H,1-4H3. The van der Waals surface area contributed by atoms with Crippen molar-refractivity contribution in [1.29, 1.82) is 0 Å². The van der Waals surface area contributed by atoms with Crippen molar-refractivity contribution in [3.63, 3.8) is 0 Å². The van der Waals surface area contributed by atoms with Crippen LogP contribution < -0.4 is 4.84 Å². The fraction of sp³-hybridized carbons (Fsp3) is 0.500. The molecular formula is C10H16N2O. The van der Waals surface area contributed by atoms with E-state index in [1.807, 2.05) is 24.2 Å². The zero-order valence-electron chi connectivity index (χ0n) is 8.61. The molecule has 0 aliphatic rings. The van der Waals surface area contributed by atoms with Crippen LogP contribution in [0.5, 0.6) is 5.75 Å². The first-order valence-corrected chi connectivity index (χ1v) is 4.32. The zero-order valence-corrected chi connectivity index (χ0v) is 8.61. The van der Waals surface area contributed by atoms with E-state index in [0.29, 0.717) is 0 Å². The third-order valence-corrected chi connectivity index (χ3v) is 1.82. The van der Waals surface area contributed by atoms with E-state index in [0.717, 1.165) is 5.75 Å². The summed E-state index contributed by atoms with van der Waals surface area (Å²) >= 11 is 0. The van der Waals surface area contributed by atoms with Gasteiger partial charge in [-0.2, -0.15) is 0 Å². The van der Waals surface area contributed by atoms with Crippen LogP contribution in [0.2, 0.25) is 0 Å². The molecule has 0 aliphatic carbocycles. The third kappa shape index (κ3) is 3.03. The summed E-state index contributed by atoms with van der Waals surface area (Å²) in [5.74, 6) is 0.764. The molecule has 1 aromatic heterocycles. The monoisotopic (exact) mass is 180 g/mol. The Hall–Kier alpha value is -1.09. The number of rotatable bonds is 2. The van der Waals surface area contributed by atoms with E-state index in [1.165, 1.54) is 0 Å².